The molecule has 1 saturated carbocycles. The second kappa shape index (κ2) is 9.29. The number of carbonyl (C=O) groups excluding carboxylic acids is 1. The lowest BCUT2D eigenvalue weighted by Gasteiger charge is -2.29. The molecular weight excluding hydrogens is 417 g/mol. The smallest absolute Gasteiger partial charge is 0.336 e. The highest BCUT2D eigenvalue weighted by molar-refractivity contribution is 5.83. The van der Waals surface area contributed by atoms with E-state index in [0.29, 0.717) is 12.8 Å². The van der Waals surface area contributed by atoms with Gasteiger partial charge in [-0.15, -0.1) is 0 Å². The van der Waals surface area contributed by atoms with E-state index in [0.717, 1.165) is 16.8 Å². The summed E-state index contributed by atoms with van der Waals surface area (Å²) < 4.78 is 42.0. The summed E-state index contributed by atoms with van der Waals surface area (Å²) in [5.74, 6) is -0.586. The quantitative estimate of drug-likeness (QED) is 0.611. The van der Waals surface area contributed by atoms with Gasteiger partial charge >= 0.3 is 6.18 Å². The third-order valence-corrected chi connectivity index (χ3v) is 5.52. The Balaban J connectivity index is 1.84. The number of nitriles is 1. The van der Waals surface area contributed by atoms with Gasteiger partial charge in [0.15, 0.2) is 0 Å². The van der Waals surface area contributed by atoms with E-state index < -0.39 is 29.7 Å². The molecule has 2 atom stereocenters. The predicted molar refractivity (Wildman–Crippen MR) is 115 cm³/mol. The van der Waals surface area contributed by atoms with Crippen LogP contribution in [0.1, 0.15) is 50.4 Å². The van der Waals surface area contributed by atoms with E-state index >= 15 is 0 Å². The van der Waals surface area contributed by atoms with Crippen LogP contribution in [0.2, 0.25) is 0 Å². The molecule has 2 N–H and O–H groups in total. The van der Waals surface area contributed by atoms with Crippen LogP contribution in [0.25, 0.3) is 11.1 Å². The lowest BCUT2D eigenvalue weighted by Crippen LogP contribution is -2.52. The molecule has 0 unspecified atom stereocenters. The van der Waals surface area contributed by atoms with Crippen molar-refractivity contribution in [3.63, 3.8) is 0 Å². The third kappa shape index (κ3) is 5.86. The second-order valence-corrected chi connectivity index (χ2v) is 8.81. The van der Waals surface area contributed by atoms with Gasteiger partial charge in [-0.2, -0.15) is 18.4 Å². The Labute approximate surface area is 186 Å². The lowest BCUT2D eigenvalue weighted by molar-refractivity contribution is -0.161. The highest BCUT2D eigenvalue weighted by Crippen LogP contribution is 2.36. The first kappa shape index (κ1) is 23.7. The number of pyridine rings is 1. The minimum Gasteiger partial charge on any atom is -0.336 e. The van der Waals surface area contributed by atoms with Gasteiger partial charge in [0.1, 0.15) is 11.6 Å². The van der Waals surface area contributed by atoms with Crippen LogP contribution >= 0.6 is 0 Å². The van der Waals surface area contributed by atoms with Crippen LogP contribution in [0.3, 0.4) is 0 Å². The van der Waals surface area contributed by atoms with Gasteiger partial charge in [0, 0.05) is 11.9 Å². The molecule has 1 aliphatic rings. The monoisotopic (exact) mass is 444 g/mol. The van der Waals surface area contributed by atoms with Crippen LogP contribution in [-0.4, -0.2) is 28.6 Å². The standard InChI is InChI=1S/C24H27F3N4O/c1-15(2)12-20(22(32)31-23(14-28)9-10-23)30-21(24(25,26)27)18-6-4-17(5-7-18)19-8-11-29-16(3)13-19/h4-8,11,13,15,20-21,30H,9-10,12H2,1-3H3,(H,31,32)/t20-,21-/m0/s1. The van der Waals surface area contributed by atoms with Gasteiger partial charge < -0.3 is 5.32 Å². The number of alkyl halides is 3. The Morgan fingerprint density at radius 2 is 1.84 bits per heavy atom. The molecule has 0 aliphatic heterocycles. The number of nitrogens with zero attached hydrogens (tertiary/aromatic N) is 2. The van der Waals surface area contributed by atoms with Gasteiger partial charge in [-0.25, -0.2) is 0 Å². The lowest BCUT2D eigenvalue weighted by atomic mass is 9.97. The first-order valence-electron chi connectivity index (χ1n) is 10.6. The first-order valence-corrected chi connectivity index (χ1v) is 10.6. The fourth-order valence-electron chi connectivity index (χ4n) is 3.61. The topological polar surface area (TPSA) is 77.8 Å². The molecule has 0 saturated heterocycles. The number of hydrogen-bond acceptors (Lipinski definition) is 4. The molecule has 0 bridgehead atoms. The molecule has 1 aliphatic carbocycles. The Morgan fingerprint density at radius 3 is 2.34 bits per heavy atom. The number of nitrogens with one attached hydrogen (secondary N) is 2. The van der Waals surface area contributed by atoms with Gasteiger partial charge in [0.2, 0.25) is 5.91 Å². The van der Waals surface area contributed by atoms with E-state index in [-0.39, 0.29) is 17.9 Å². The van der Waals surface area contributed by atoms with Crippen molar-refractivity contribution < 1.29 is 18.0 Å². The fourth-order valence-corrected chi connectivity index (χ4v) is 3.61. The summed E-state index contributed by atoms with van der Waals surface area (Å²) in [4.78, 5) is 16.9. The molecule has 3 rings (SSSR count). The number of carbonyl (C=O) groups is 1. The van der Waals surface area contributed by atoms with E-state index in [9.17, 15) is 23.2 Å². The van der Waals surface area contributed by atoms with Gasteiger partial charge in [0.05, 0.1) is 12.1 Å². The van der Waals surface area contributed by atoms with E-state index in [1.807, 2.05) is 32.9 Å². The number of aryl methyl sites for hydroxylation is 1. The molecule has 8 heteroatoms. The number of rotatable bonds is 8. The minimum atomic E-state index is -4.60. The van der Waals surface area contributed by atoms with Crippen LogP contribution in [0.4, 0.5) is 13.2 Å². The SMILES string of the molecule is Cc1cc(-c2ccc([C@H](N[C@@H](CC(C)C)C(=O)NC3(C#N)CC3)C(F)(F)F)cc2)ccn1. The van der Waals surface area contributed by atoms with Crippen LogP contribution in [-0.2, 0) is 4.79 Å². The number of benzene rings is 1. The summed E-state index contributed by atoms with van der Waals surface area (Å²) in [5, 5.41) is 14.4. The van der Waals surface area contributed by atoms with Crippen molar-refractivity contribution in [1.82, 2.24) is 15.6 Å². The van der Waals surface area contributed by atoms with Crippen molar-refractivity contribution in [3.05, 3.63) is 53.9 Å². The molecule has 1 aromatic heterocycles. The van der Waals surface area contributed by atoms with Crippen molar-refractivity contribution in [2.75, 3.05) is 0 Å². The van der Waals surface area contributed by atoms with Crippen LogP contribution in [0.15, 0.2) is 42.6 Å². The zero-order chi connectivity index (χ0) is 23.5. The highest BCUT2D eigenvalue weighted by Gasteiger charge is 2.47. The molecule has 1 aromatic carbocycles. The molecule has 1 heterocycles. The summed E-state index contributed by atoms with van der Waals surface area (Å²) in [6.45, 7) is 5.53. The molecule has 0 radical (unpaired) electrons. The maximum atomic E-state index is 14.0. The number of hydrogen-bond donors (Lipinski definition) is 2. The zero-order valence-electron chi connectivity index (χ0n) is 18.3. The summed E-state index contributed by atoms with van der Waals surface area (Å²) in [6.07, 6.45) is -1.70. The molecule has 5 nitrogen and oxygen atoms in total. The van der Waals surface area contributed by atoms with Gasteiger partial charge in [0.25, 0.3) is 0 Å². The van der Waals surface area contributed by atoms with Gasteiger partial charge in [-0.05, 0) is 60.9 Å². The Morgan fingerprint density at radius 1 is 1.19 bits per heavy atom. The van der Waals surface area contributed by atoms with Crippen LogP contribution < -0.4 is 10.6 Å². The molecular formula is C24H27F3N4O. The number of halogens is 3. The maximum absolute atomic E-state index is 14.0. The maximum Gasteiger partial charge on any atom is 0.407 e. The van der Waals surface area contributed by atoms with Crippen molar-refractivity contribution in [2.45, 2.75) is 63.8 Å². The second-order valence-electron chi connectivity index (χ2n) is 8.81. The molecule has 1 fully saturated rings. The fraction of sp³-hybridized carbons (Fsp3) is 0.458. The molecule has 32 heavy (non-hydrogen) atoms. The average molecular weight is 445 g/mol. The third-order valence-electron chi connectivity index (χ3n) is 5.52. The van der Waals surface area contributed by atoms with Crippen molar-refractivity contribution in [3.8, 4) is 17.2 Å². The van der Waals surface area contributed by atoms with E-state index in [1.165, 1.54) is 12.1 Å². The summed E-state index contributed by atoms with van der Waals surface area (Å²) in [7, 11) is 0. The van der Waals surface area contributed by atoms with Crippen LogP contribution in [0.5, 0.6) is 0 Å². The Bertz CT molecular complexity index is 992. The summed E-state index contributed by atoms with van der Waals surface area (Å²) >= 11 is 0. The Kier molecular flexibility index (Phi) is 6.89. The molecule has 1 amide bonds. The van der Waals surface area contributed by atoms with Crippen LogP contribution in [0, 0.1) is 24.2 Å². The highest BCUT2D eigenvalue weighted by atomic mass is 19.4. The predicted octanol–water partition coefficient (Wildman–Crippen LogP) is 4.84. The Hall–Kier alpha value is -2.92. The number of aromatic nitrogens is 1. The van der Waals surface area contributed by atoms with E-state index in [2.05, 4.69) is 15.6 Å². The van der Waals surface area contributed by atoms with Crippen molar-refractivity contribution >= 4 is 5.91 Å². The van der Waals surface area contributed by atoms with Crippen molar-refractivity contribution in [2.24, 2.45) is 5.92 Å². The van der Waals surface area contributed by atoms with Crippen molar-refractivity contribution in [1.29, 1.82) is 5.26 Å². The normalized spacial score (nSPS) is 16.8. The van der Waals surface area contributed by atoms with E-state index in [1.54, 1.807) is 24.4 Å². The van der Waals surface area contributed by atoms with E-state index in [4.69, 9.17) is 0 Å². The zero-order valence-corrected chi connectivity index (χ0v) is 18.3. The average Bonchev–Trinajstić information content (AvgIpc) is 3.50. The molecule has 170 valence electrons. The van der Waals surface area contributed by atoms with Gasteiger partial charge in [-0.1, -0.05) is 38.1 Å². The number of amides is 1. The van der Waals surface area contributed by atoms with Gasteiger partial charge in [-0.3, -0.25) is 15.1 Å². The largest absolute Gasteiger partial charge is 0.407 e. The summed E-state index contributed by atoms with van der Waals surface area (Å²) in [6, 6.07) is 8.75. The summed E-state index contributed by atoms with van der Waals surface area (Å²) in [5.41, 5.74) is 1.54. The molecule has 0 spiro atoms. The molecule has 2 aromatic rings. The first-order chi connectivity index (χ1) is 15.0. The minimum absolute atomic E-state index is 0.0123.